The molecule has 0 aromatic heterocycles. The van der Waals surface area contributed by atoms with Crippen LogP contribution < -0.4 is 4.74 Å². The summed E-state index contributed by atoms with van der Waals surface area (Å²) in [4.78, 5) is 0. The van der Waals surface area contributed by atoms with Crippen LogP contribution in [0.1, 0.15) is 34.7 Å². The smallest absolute Gasteiger partial charge is 0.150 e. The van der Waals surface area contributed by atoms with E-state index in [1.807, 2.05) is 24.3 Å². The minimum Gasteiger partial charge on any atom is -0.455 e. The van der Waals surface area contributed by atoms with Crippen LogP contribution in [0.15, 0.2) is 91.0 Å². The summed E-state index contributed by atoms with van der Waals surface area (Å²) in [5.41, 5.74) is 8.09. The fourth-order valence-corrected chi connectivity index (χ4v) is 5.42. The minimum atomic E-state index is -0.449. The van der Waals surface area contributed by atoms with Crippen LogP contribution in [-0.2, 0) is 5.41 Å². The van der Waals surface area contributed by atoms with Gasteiger partial charge in [0.1, 0.15) is 5.75 Å². The molecule has 1 heterocycles. The second-order valence-corrected chi connectivity index (χ2v) is 8.22. The lowest BCUT2D eigenvalue weighted by Crippen LogP contribution is -2.32. The van der Waals surface area contributed by atoms with Gasteiger partial charge in [-0.1, -0.05) is 90.5 Å². The van der Waals surface area contributed by atoms with E-state index in [0.717, 1.165) is 22.6 Å². The Hall–Kier alpha value is -3.29. The van der Waals surface area contributed by atoms with Gasteiger partial charge in [0, 0.05) is 11.1 Å². The molecule has 0 bridgehead atoms. The van der Waals surface area contributed by atoms with Gasteiger partial charge in [-0.2, -0.15) is 0 Å². The van der Waals surface area contributed by atoms with E-state index >= 15 is 0 Å². The maximum absolute atomic E-state index is 6.66. The number of rotatable bonds is 1. The normalized spacial score (nSPS) is 17.9. The zero-order valence-electron chi connectivity index (χ0n) is 16.5. The van der Waals surface area contributed by atoms with Crippen molar-refractivity contribution in [2.45, 2.75) is 12.3 Å². The van der Waals surface area contributed by atoms with Crippen LogP contribution in [0.4, 0.5) is 0 Å². The maximum Gasteiger partial charge on any atom is 0.150 e. The maximum atomic E-state index is 6.66. The number of hydrogen-bond donors (Lipinski definition) is 0. The number of fused-ring (bicyclic) bond motifs is 9. The van der Waals surface area contributed by atoms with Crippen LogP contribution in [0, 0.1) is 0 Å². The number of halogens is 1. The molecule has 2 heteroatoms. The molecule has 30 heavy (non-hydrogen) atoms. The molecule has 2 aliphatic rings. The number of ether oxygens (including phenoxy) is 1. The highest BCUT2D eigenvalue weighted by Crippen LogP contribution is 2.62. The SMILES string of the molecule is C/C=C/c1ccc2c(c1)-c1ccccc1C21c2ccccc2Oc2c(Cl)cccc21. The van der Waals surface area contributed by atoms with Gasteiger partial charge < -0.3 is 4.74 Å². The third-order valence-corrected chi connectivity index (χ3v) is 6.60. The summed E-state index contributed by atoms with van der Waals surface area (Å²) in [6, 6.07) is 29.9. The van der Waals surface area contributed by atoms with Crippen LogP contribution in [0.5, 0.6) is 11.5 Å². The fraction of sp³-hybridized carbons (Fsp3) is 0.0714. The topological polar surface area (TPSA) is 9.23 Å². The molecule has 1 aliphatic heterocycles. The molecular weight excluding hydrogens is 388 g/mol. The standard InChI is InChI=1S/C28H19ClO/c1-2-8-18-15-16-22-20(17-18)19-9-3-4-10-21(19)28(22)23-11-5-6-14-26(23)30-27-24(28)12-7-13-25(27)29/h2-17H,1H3/b8-2+. The molecule has 0 radical (unpaired) electrons. The molecule has 1 aliphatic carbocycles. The second kappa shape index (κ2) is 6.35. The number of para-hydroxylation sites is 2. The van der Waals surface area contributed by atoms with Crippen molar-refractivity contribution >= 4 is 17.7 Å². The molecule has 1 nitrogen and oxygen atoms in total. The van der Waals surface area contributed by atoms with E-state index in [1.165, 1.54) is 27.8 Å². The van der Waals surface area contributed by atoms with Crippen molar-refractivity contribution in [2.75, 3.05) is 0 Å². The predicted octanol–water partition coefficient (Wildman–Crippen LogP) is 7.84. The molecular formula is C28H19ClO. The number of benzene rings is 4. The Morgan fingerprint density at radius 2 is 1.47 bits per heavy atom. The summed E-state index contributed by atoms with van der Waals surface area (Å²) in [5.74, 6) is 1.61. The molecule has 0 amide bonds. The van der Waals surface area contributed by atoms with E-state index in [2.05, 4.69) is 79.7 Å². The second-order valence-electron chi connectivity index (χ2n) is 7.82. The largest absolute Gasteiger partial charge is 0.455 e. The third kappa shape index (κ3) is 2.13. The quantitative estimate of drug-likeness (QED) is 0.270. The Morgan fingerprint density at radius 1 is 0.733 bits per heavy atom. The summed E-state index contributed by atoms with van der Waals surface area (Å²) in [7, 11) is 0. The molecule has 6 rings (SSSR count). The molecule has 0 fully saturated rings. The van der Waals surface area contributed by atoms with E-state index in [9.17, 15) is 0 Å². The fourth-order valence-electron chi connectivity index (χ4n) is 5.21. The van der Waals surface area contributed by atoms with Gasteiger partial charge in [0.25, 0.3) is 0 Å². The van der Waals surface area contributed by atoms with Crippen molar-refractivity contribution in [1.82, 2.24) is 0 Å². The highest BCUT2D eigenvalue weighted by Gasteiger charge is 2.51. The average Bonchev–Trinajstić information content (AvgIpc) is 3.06. The van der Waals surface area contributed by atoms with E-state index in [1.54, 1.807) is 0 Å². The van der Waals surface area contributed by atoms with Crippen LogP contribution in [0.3, 0.4) is 0 Å². The summed E-state index contributed by atoms with van der Waals surface area (Å²) in [5, 5.41) is 0.637. The van der Waals surface area contributed by atoms with Crippen LogP contribution >= 0.6 is 11.6 Å². The first kappa shape index (κ1) is 17.6. The summed E-state index contributed by atoms with van der Waals surface area (Å²) in [6.07, 6.45) is 4.23. The van der Waals surface area contributed by atoms with E-state index < -0.39 is 5.41 Å². The first-order valence-corrected chi connectivity index (χ1v) is 10.6. The van der Waals surface area contributed by atoms with Crippen molar-refractivity contribution < 1.29 is 4.74 Å². The highest BCUT2D eigenvalue weighted by molar-refractivity contribution is 6.32. The molecule has 1 spiro atoms. The Balaban J connectivity index is 1.81. The minimum absolute atomic E-state index is 0.449. The summed E-state index contributed by atoms with van der Waals surface area (Å²) in [6.45, 7) is 2.05. The van der Waals surface area contributed by atoms with E-state index in [4.69, 9.17) is 16.3 Å². The van der Waals surface area contributed by atoms with Crippen molar-refractivity contribution in [3.05, 3.63) is 124 Å². The van der Waals surface area contributed by atoms with Gasteiger partial charge in [-0.15, -0.1) is 0 Å². The Kier molecular flexibility index (Phi) is 3.72. The van der Waals surface area contributed by atoms with Gasteiger partial charge in [-0.3, -0.25) is 0 Å². The van der Waals surface area contributed by atoms with Gasteiger partial charge in [-0.05, 0) is 52.9 Å². The van der Waals surface area contributed by atoms with Gasteiger partial charge in [0.05, 0.1) is 10.4 Å². The molecule has 0 saturated heterocycles. The Morgan fingerprint density at radius 3 is 2.33 bits per heavy atom. The van der Waals surface area contributed by atoms with Crippen LogP contribution in [0.25, 0.3) is 17.2 Å². The lowest BCUT2D eigenvalue weighted by atomic mass is 9.66. The Labute approximate surface area is 181 Å². The first-order valence-electron chi connectivity index (χ1n) is 10.2. The van der Waals surface area contributed by atoms with Gasteiger partial charge in [0.15, 0.2) is 5.75 Å². The average molecular weight is 407 g/mol. The molecule has 1 unspecified atom stereocenters. The molecule has 1 atom stereocenters. The lowest BCUT2D eigenvalue weighted by molar-refractivity contribution is 0.436. The van der Waals surface area contributed by atoms with Gasteiger partial charge >= 0.3 is 0 Å². The zero-order chi connectivity index (χ0) is 20.3. The van der Waals surface area contributed by atoms with Crippen molar-refractivity contribution in [3.63, 3.8) is 0 Å². The monoisotopic (exact) mass is 406 g/mol. The lowest BCUT2D eigenvalue weighted by Gasteiger charge is -2.39. The van der Waals surface area contributed by atoms with E-state index in [-0.39, 0.29) is 0 Å². The Bertz CT molecular complexity index is 1350. The third-order valence-electron chi connectivity index (χ3n) is 6.30. The number of allylic oxidation sites excluding steroid dienone is 1. The van der Waals surface area contributed by atoms with Crippen LogP contribution in [-0.4, -0.2) is 0 Å². The highest BCUT2D eigenvalue weighted by atomic mass is 35.5. The molecule has 144 valence electrons. The van der Waals surface area contributed by atoms with Crippen molar-refractivity contribution in [3.8, 4) is 22.6 Å². The van der Waals surface area contributed by atoms with Gasteiger partial charge in [0.2, 0.25) is 0 Å². The first-order chi connectivity index (χ1) is 14.7. The van der Waals surface area contributed by atoms with E-state index in [0.29, 0.717) is 5.02 Å². The van der Waals surface area contributed by atoms with Gasteiger partial charge in [-0.25, -0.2) is 0 Å². The predicted molar refractivity (Wildman–Crippen MR) is 124 cm³/mol. The number of hydrogen-bond acceptors (Lipinski definition) is 1. The zero-order valence-corrected chi connectivity index (χ0v) is 17.3. The van der Waals surface area contributed by atoms with Crippen molar-refractivity contribution in [2.24, 2.45) is 0 Å². The summed E-state index contributed by atoms with van der Waals surface area (Å²) < 4.78 is 6.34. The molecule has 0 saturated carbocycles. The van der Waals surface area contributed by atoms with Crippen molar-refractivity contribution in [1.29, 1.82) is 0 Å². The molecule has 4 aromatic rings. The molecule has 0 N–H and O–H groups in total. The van der Waals surface area contributed by atoms with Crippen LogP contribution in [0.2, 0.25) is 5.02 Å². The summed E-state index contributed by atoms with van der Waals surface area (Å²) >= 11 is 6.66. The molecule has 4 aromatic carbocycles.